The van der Waals surface area contributed by atoms with Gasteiger partial charge in [0.05, 0.1) is 11.1 Å². The molecule has 0 bridgehead atoms. The van der Waals surface area contributed by atoms with Crippen LogP contribution in [0.4, 0.5) is 0 Å². The van der Waals surface area contributed by atoms with E-state index in [4.69, 9.17) is 10.3 Å². The Balaban J connectivity index is 0.00000200. The van der Waals surface area contributed by atoms with Gasteiger partial charge in [-0.15, -0.1) is 12.4 Å². The fourth-order valence-corrected chi connectivity index (χ4v) is 1.63. The number of aromatic nitrogens is 2. The van der Waals surface area contributed by atoms with E-state index in [9.17, 15) is 4.79 Å². The third kappa shape index (κ3) is 3.55. The minimum atomic E-state index is -0.204. The van der Waals surface area contributed by atoms with Crippen molar-refractivity contribution >= 4 is 18.3 Å². The van der Waals surface area contributed by atoms with Gasteiger partial charge in [0, 0.05) is 12.6 Å². The second-order valence-electron chi connectivity index (χ2n) is 4.30. The molecule has 1 aromatic carbocycles. The summed E-state index contributed by atoms with van der Waals surface area (Å²) in [6.45, 7) is 3.96. The number of halogens is 1. The van der Waals surface area contributed by atoms with Crippen molar-refractivity contribution < 1.29 is 9.32 Å². The first kappa shape index (κ1) is 16.1. The third-order valence-electron chi connectivity index (χ3n) is 2.66. The van der Waals surface area contributed by atoms with E-state index in [1.807, 2.05) is 13.0 Å². The van der Waals surface area contributed by atoms with Crippen LogP contribution in [0.15, 0.2) is 28.8 Å². The molecular weight excluding hydrogens is 280 g/mol. The van der Waals surface area contributed by atoms with Crippen LogP contribution in [0.25, 0.3) is 11.5 Å². The number of amides is 1. The maximum Gasteiger partial charge on any atom is 0.258 e. The number of carbonyl (C=O) groups is 1. The Labute approximate surface area is 123 Å². The van der Waals surface area contributed by atoms with E-state index in [0.29, 0.717) is 29.4 Å². The molecule has 20 heavy (non-hydrogen) atoms. The first-order valence-corrected chi connectivity index (χ1v) is 6.02. The van der Waals surface area contributed by atoms with E-state index < -0.39 is 0 Å². The standard InChI is InChI=1S/C13H16N4O2.ClH/c1-8(7-14)15-12(18)10-5-3-4-6-11(10)13-16-9(2)17-19-13;/h3-6,8H,7,14H2,1-2H3,(H,15,18);1H/t8-;/m0./s1. The molecule has 1 amide bonds. The van der Waals surface area contributed by atoms with Crippen LogP contribution in [0.2, 0.25) is 0 Å². The zero-order chi connectivity index (χ0) is 13.8. The molecule has 0 radical (unpaired) electrons. The molecule has 2 rings (SSSR count). The van der Waals surface area contributed by atoms with E-state index in [0.717, 1.165) is 0 Å². The smallest absolute Gasteiger partial charge is 0.258 e. The number of nitrogens with two attached hydrogens (primary N) is 1. The molecule has 2 aromatic rings. The summed E-state index contributed by atoms with van der Waals surface area (Å²) in [7, 11) is 0. The van der Waals surface area contributed by atoms with Crippen LogP contribution in [-0.4, -0.2) is 28.6 Å². The molecule has 3 N–H and O–H groups in total. The maximum absolute atomic E-state index is 12.2. The Morgan fingerprint density at radius 1 is 1.45 bits per heavy atom. The molecule has 1 aromatic heterocycles. The highest BCUT2D eigenvalue weighted by atomic mass is 35.5. The first-order valence-electron chi connectivity index (χ1n) is 6.02. The van der Waals surface area contributed by atoms with Crippen molar-refractivity contribution in [3.8, 4) is 11.5 Å². The van der Waals surface area contributed by atoms with E-state index in [-0.39, 0.29) is 24.4 Å². The molecule has 7 heteroatoms. The van der Waals surface area contributed by atoms with Gasteiger partial charge in [-0.1, -0.05) is 17.3 Å². The third-order valence-corrected chi connectivity index (χ3v) is 2.66. The number of hydrogen-bond donors (Lipinski definition) is 2. The quantitative estimate of drug-likeness (QED) is 0.892. The lowest BCUT2D eigenvalue weighted by molar-refractivity contribution is 0.0941. The van der Waals surface area contributed by atoms with Crippen LogP contribution in [0.1, 0.15) is 23.1 Å². The van der Waals surface area contributed by atoms with E-state index >= 15 is 0 Å². The lowest BCUT2D eigenvalue weighted by Crippen LogP contribution is -2.38. The predicted molar refractivity (Wildman–Crippen MR) is 77.7 cm³/mol. The van der Waals surface area contributed by atoms with Gasteiger partial charge in [-0.25, -0.2) is 0 Å². The zero-order valence-corrected chi connectivity index (χ0v) is 12.1. The van der Waals surface area contributed by atoms with Crippen LogP contribution in [0, 0.1) is 6.92 Å². The van der Waals surface area contributed by atoms with Crippen molar-refractivity contribution in [2.45, 2.75) is 19.9 Å². The second-order valence-corrected chi connectivity index (χ2v) is 4.30. The van der Waals surface area contributed by atoms with Crippen molar-refractivity contribution in [2.75, 3.05) is 6.54 Å². The van der Waals surface area contributed by atoms with Crippen LogP contribution >= 0.6 is 12.4 Å². The molecule has 1 atom stereocenters. The Kier molecular flexibility index (Phi) is 5.66. The average molecular weight is 297 g/mol. The minimum absolute atomic E-state index is 0. The van der Waals surface area contributed by atoms with Crippen LogP contribution < -0.4 is 11.1 Å². The largest absolute Gasteiger partial charge is 0.348 e. The molecule has 0 saturated carbocycles. The minimum Gasteiger partial charge on any atom is -0.348 e. The van der Waals surface area contributed by atoms with Gasteiger partial charge in [-0.3, -0.25) is 4.79 Å². The number of nitrogens with zero attached hydrogens (tertiary/aromatic N) is 2. The molecular formula is C13H17ClN4O2. The summed E-state index contributed by atoms with van der Waals surface area (Å²) in [5, 5.41) is 6.54. The van der Waals surface area contributed by atoms with E-state index in [1.54, 1.807) is 25.1 Å². The second kappa shape index (κ2) is 7.02. The Bertz CT molecular complexity index is 585. The predicted octanol–water partition coefficient (Wildman–Crippen LogP) is 1.54. The maximum atomic E-state index is 12.2. The van der Waals surface area contributed by atoms with Crippen LogP contribution in [0.5, 0.6) is 0 Å². The van der Waals surface area contributed by atoms with Gasteiger partial charge in [0.25, 0.3) is 11.8 Å². The van der Waals surface area contributed by atoms with Gasteiger partial charge < -0.3 is 15.6 Å². The van der Waals surface area contributed by atoms with Crippen molar-refractivity contribution in [3.63, 3.8) is 0 Å². The number of rotatable bonds is 4. The van der Waals surface area contributed by atoms with Crippen molar-refractivity contribution in [1.29, 1.82) is 0 Å². The molecule has 1 heterocycles. The highest BCUT2D eigenvalue weighted by molar-refractivity contribution is 6.00. The molecule has 0 aliphatic rings. The number of nitrogens with one attached hydrogen (secondary N) is 1. The number of benzene rings is 1. The van der Waals surface area contributed by atoms with Gasteiger partial charge in [0.1, 0.15) is 0 Å². The van der Waals surface area contributed by atoms with Crippen molar-refractivity contribution in [3.05, 3.63) is 35.7 Å². The summed E-state index contributed by atoms with van der Waals surface area (Å²) < 4.78 is 5.11. The monoisotopic (exact) mass is 296 g/mol. The number of carbonyl (C=O) groups excluding carboxylic acids is 1. The summed E-state index contributed by atoms with van der Waals surface area (Å²) in [5.41, 5.74) is 6.60. The highest BCUT2D eigenvalue weighted by Crippen LogP contribution is 2.21. The van der Waals surface area contributed by atoms with Gasteiger partial charge >= 0.3 is 0 Å². The Morgan fingerprint density at radius 2 is 2.15 bits per heavy atom. The fourth-order valence-electron chi connectivity index (χ4n) is 1.63. The fraction of sp³-hybridized carbons (Fsp3) is 0.308. The van der Waals surface area contributed by atoms with E-state index in [2.05, 4.69) is 15.5 Å². The molecule has 0 aliphatic heterocycles. The van der Waals surface area contributed by atoms with Gasteiger partial charge in [-0.05, 0) is 26.0 Å². The number of aryl methyl sites for hydroxylation is 1. The molecule has 6 nitrogen and oxygen atoms in total. The SMILES string of the molecule is Cc1noc(-c2ccccc2C(=O)N[C@@H](C)CN)n1.Cl. The normalized spacial score (nSPS) is 11.6. The molecule has 0 fully saturated rings. The Hall–Kier alpha value is -1.92. The highest BCUT2D eigenvalue weighted by Gasteiger charge is 2.17. The first-order chi connectivity index (χ1) is 9.11. The van der Waals surface area contributed by atoms with Crippen LogP contribution in [-0.2, 0) is 0 Å². The van der Waals surface area contributed by atoms with Gasteiger partial charge in [0.15, 0.2) is 5.82 Å². The summed E-state index contributed by atoms with van der Waals surface area (Å²) >= 11 is 0. The summed E-state index contributed by atoms with van der Waals surface area (Å²) in [5.74, 6) is 0.661. The Morgan fingerprint density at radius 3 is 2.75 bits per heavy atom. The number of hydrogen-bond acceptors (Lipinski definition) is 5. The summed E-state index contributed by atoms with van der Waals surface area (Å²) in [6, 6.07) is 7.00. The molecule has 108 valence electrons. The molecule has 0 unspecified atom stereocenters. The lowest BCUT2D eigenvalue weighted by atomic mass is 10.1. The van der Waals surface area contributed by atoms with Gasteiger partial charge in [0.2, 0.25) is 0 Å². The molecule has 0 spiro atoms. The topological polar surface area (TPSA) is 94.0 Å². The molecule has 0 saturated heterocycles. The van der Waals surface area contributed by atoms with E-state index in [1.165, 1.54) is 0 Å². The van der Waals surface area contributed by atoms with Gasteiger partial charge in [-0.2, -0.15) is 4.98 Å². The van der Waals surface area contributed by atoms with Crippen molar-refractivity contribution in [1.82, 2.24) is 15.5 Å². The van der Waals surface area contributed by atoms with Crippen molar-refractivity contribution in [2.24, 2.45) is 5.73 Å². The lowest BCUT2D eigenvalue weighted by Gasteiger charge is -2.12. The molecule has 0 aliphatic carbocycles. The van der Waals surface area contributed by atoms with Crippen LogP contribution in [0.3, 0.4) is 0 Å². The average Bonchev–Trinajstić information content (AvgIpc) is 2.85. The summed E-state index contributed by atoms with van der Waals surface area (Å²) in [4.78, 5) is 16.3. The summed E-state index contributed by atoms with van der Waals surface area (Å²) in [6.07, 6.45) is 0. The zero-order valence-electron chi connectivity index (χ0n) is 11.3.